The van der Waals surface area contributed by atoms with E-state index in [0.29, 0.717) is 37.2 Å². The van der Waals surface area contributed by atoms with Gasteiger partial charge in [0, 0.05) is 31.4 Å². The van der Waals surface area contributed by atoms with Gasteiger partial charge in [0.25, 0.3) is 0 Å². The summed E-state index contributed by atoms with van der Waals surface area (Å²) < 4.78 is 12.3. The number of hydrogen-bond acceptors (Lipinski definition) is 5. The summed E-state index contributed by atoms with van der Waals surface area (Å²) in [4.78, 5) is 22.3. The number of aromatic nitrogens is 1. The monoisotopic (exact) mass is 513 g/mol. The SMILES string of the molecule is O=C(CN1CCCCCCOc2ccccc2Oc2ncccc2C1)N1CCC(Cc2ccccc2)CC1. The van der Waals surface area contributed by atoms with Crippen LogP contribution in [0, 0.1) is 5.92 Å². The molecule has 3 heterocycles. The molecule has 6 heteroatoms. The molecule has 0 N–H and O–H groups in total. The van der Waals surface area contributed by atoms with Gasteiger partial charge in [0.2, 0.25) is 11.8 Å². The maximum Gasteiger partial charge on any atom is 0.236 e. The number of carbonyl (C=O) groups is 1. The molecule has 2 aliphatic heterocycles. The molecule has 5 rings (SSSR count). The van der Waals surface area contributed by atoms with Crippen LogP contribution in [0.25, 0.3) is 0 Å². The van der Waals surface area contributed by atoms with E-state index in [1.54, 1.807) is 6.20 Å². The van der Waals surface area contributed by atoms with Gasteiger partial charge in [-0.25, -0.2) is 4.98 Å². The Hall–Kier alpha value is -3.38. The van der Waals surface area contributed by atoms with Crippen molar-refractivity contribution in [2.45, 2.75) is 51.5 Å². The Labute approximate surface area is 226 Å². The third kappa shape index (κ3) is 7.35. The van der Waals surface area contributed by atoms with E-state index < -0.39 is 0 Å². The summed E-state index contributed by atoms with van der Waals surface area (Å²) in [6, 6.07) is 22.5. The molecule has 0 spiro atoms. The molecule has 1 aromatic heterocycles. The van der Waals surface area contributed by atoms with Gasteiger partial charge in [-0.1, -0.05) is 61.4 Å². The third-order valence-electron chi connectivity index (χ3n) is 7.62. The fraction of sp³-hybridized carbons (Fsp3) is 0.438. The number of carbonyl (C=O) groups excluding carboxylic acids is 1. The fourth-order valence-electron chi connectivity index (χ4n) is 5.45. The summed E-state index contributed by atoms with van der Waals surface area (Å²) in [7, 11) is 0. The highest BCUT2D eigenvalue weighted by atomic mass is 16.5. The van der Waals surface area contributed by atoms with Crippen LogP contribution in [0.3, 0.4) is 0 Å². The van der Waals surface area contributed by atoms with Crippen molar-refractivity contribution in [2.24, 2.45) is 5.92 Å². The molecule has 0 atom stereocenters. The van der Waals surface area contributed by atoms with Gasteiger partial charge in [-0.3, -0.25) is 9.69 Å². The quantitative estimate of drug-likeness (QED) is 0.421. The second-order valence-electron chi connectivity index (χ2n) is 10.5. The molecular formula is C32H39N3O3. The van der Waals surface area contributed by atoms with E-state index in [1.807, 2.05) is 36.4 Å². The first-order chi connectivity index (χ1) is 18.7. The van der Waals surface area contributed by atoms with Crippen molar-refractivity contribution < 1.29 is 14.3 Å². The number of benzene rings is 2. The lowest BCUT2D eigenvalue weighted by molar-refractivity contribution is -0.134. The summed E-state index contributed by atoms with van der Waals surface area (Å²) in [5.74, 6) is 2.86. The predicted octanol–water partition coefficient (Wildman–Crippen LogP) is 6.11. The molecule has 2 aliphatic rings. The molecule has 0 bridgehead atoms. The number of para-hydroxylation sites is 2. The van der Waals surface area contributed by atoms with Gasteiger partial charge in [-0.05, 0) is 68.3 Å². The summed E-state index contributed by atoms with van der Waals surface area (Å²) in [6.45, 7) is 4.30. The molecule has 1 saturated heterocycles. The van der Waals surface area contributed by atoms with E-state index in [1.165, 1.54) is 5.56 Å². The van der Waals surface area contributed by atoms with Crippen LogP contribution in [0.4, 0.5) is 0 Å². The van der Waals surface area contributed by atoms with E-state index in [0.717, 1.165) is 75.9 Å². The Morgan fingerprint density at radius 1 is 0.842 bits per heavy atom. The lowest BCUT2D eigenvalue weighted by Gasteiger charge is -2.34. The first-order valence-corrected chi connectivity index (χ1v) is 14.1. The summed E-state index contributed by atoms with van der Waals surface area (Å²) >= 11 is 0. The van der Waals surface area contributed by atoms with E-state index in [2.05, 4.69) is 45.1 Å². The van der Waals surface area contributed by atoms with Crippen molar-refractivity contribution in [3.63, 3.8) is 0 Å². The Bertz CT molecular complexity index is 1160. The van der Waals surface area contributed by atoms with Crippen LogP contribution >= 0.6 is 0 Å². The van der Waals surface area contributed by atoms with E-state index in [-0.39, 0.29) is 5.91 Å². The molecule has 38 heavy (non-hydrogen) atoms. The minimum Gasteiger partial charge on any atom is -0.490 e. The van der Waals surface area contributed by atoms with Crippen LogP contribution in [0.1, 0.15) is 49.7 Å². The number of piperidine rings is 1. The molecule has 0 radical (unpaired) electrons. The molecule has 0 saturated carbocycles. The fourth-order valence-corrected chi connectivity index (χ4v) is 5.45. The largest absolute Gasteiger partial charge is 0.490 e. The van der Waals surface area contributed by atoms with Crippen LogP contribution in [0.5, 0.6) is 17.4 Å². The lowest BCUT2D eigenvalue weighted by Crippen LogP contribution is -2.44. The first-order valence-electron chi connectivity index (χ1n) is 14.1. The molecular weight excluding hydrogens is 474 g/mol. The lowest BCUT2D eigenvalue weighted by atomic mass is 9.90. The second kappa shape index (κ2) is 13.4. The highest BCUT2D eigenvalue weighted by Gasteiger charge is 2.25. The van der Waals surface area contributed by atoms with Gasteiger partial charge in [0.1, 0.15) is 0 Å². The molecule has 1 fully saturated rings. The van der Waals surface area contributed by atoms with Gasteiger partial charge in [-0.15, -0.1) is 0 Å². The zero-order valence-corrected chi connectivity index (χ0v) is 22.3. The van der Waals surface area contributed by atoms with Gasteiger partial charge >= 0.3 is 0 Å². The van der Waals surface area contributed by atoms with E-state index >= 15 is 0 Å². The summed E-state index contributed by atoms with van der Waals surface area (Å²) in [6.07, 6.45) is 9.28. The van der Waals surface area contributed by atoms with Crippen molar-refractivity contribution in [3.05, 3.63) is 84.1 Å². The second-order valence-corrected chi connectivity index (χ2v) is 10.5. The maximum atomic E-state index is 13.4. The Morgan fingerprint density at radius 2 is 1.61 bits per heavy atom. The highest BCUT2D eigenvalue weighted by Crippen LogP contribution is 2.32. The van der Waals surface area contributed by atoms with Crippen LogP contribution in [-0.2, 0) is 17.8 Å². The smallest absolute Gasteiger partial charge is 0.236 e. The van der Waals surface area contributed by atoms with Crippen LogP contribution in [0.15, 0.2) is 72.9 Å². The van der Waals surface area contributed by atoms with Crippen molar-refractivity contribution in [2.75, 3.05) is 32.8 Å². The minimum absolute atomic E-state index is 0.231. The normalized spacial score (nSPS) is 17.8. The topological polar surface area (TPSA) is 54.9 Å². The molecule has 1 amide bonds. The number of pyridine rings is 1. The summed E-state index contributed by atoms with van der Waals surface area (Å²) in [5, 5.41) is 0. The van der Waals surface area contributed by atoms with E-state index in [4.69, 9.17) is 9.47 Å². The Balaban J connectivity index is 1.23. The van der Waals surface area contributed by atoms with Crippen molar-refractivity contribution >= 4 is 5.91 Å². The van der Waals surface area contributed by atoms with Gasteiger partial charge in [0.15, 0.2) is 11.5 Å². The zero-order valence-electron chi connectivity index (χ0n) is 22.3. The Kier molecular flexibility index (Phi) is 9.27. The zero-order chi connectivity index (χ0) is 26.0. The average Bonchev–Trinajstić information content (AvgIpc) is 2.95. The number of likely N-dealkylation sites (tertiary alicyclic amines) is 1. The molecule has 0 unspecified atom stereocenters. The van der Waals surface area contributed by atoms with Crippen molar-refractivity contribution in [1.82, 2.24) is 14.8 Å². The number of nitrogens with zero attached hydrogens (tertiary/aromatic N) is 3. The number of ether oxygens (including phenoxy) is 2. The number of hydrogen-bond donors (Lipinski definition) is 0. The third-order valence-corrected chi connectivity index (χ3v) is 7.62. The van der Waals surface area contributed by atoms with Crippen LogP contribution < -0.4 is 9.47 Å². The highest BCUT2D eigenvalue weighted by molar-refractivity contribution is 5.78. The van der Waals surface area contributed by atoms with Crippen molar-refractivity contribution in [1.29, 1.82) is 0 Å². The van der Waals surface area contributed by atoms with E-state index in [9.17, 15) is 4.79 Å². The maximum absolute atomic E-state index is 13.4. The minimum atomic E-state index is 0.231. The van der Waals surface area contributed by atoms with Crippen LogP contribution in [0.2, 0.25) is 0 Å². The number of amides is 1. The number of fused-ring (bicyclic) bond motifs is 2. The van der Waals surface area contributed by atoms with Crippen LogP contribution in [-0.4, -0.2) is 53.5 Å². The molecule has 200 valence electrons. The van der Waals surface area contributed by atoms with Gasteiger partial charge in [0.05, 0.1) is 13.2 Å². The number of rotatable bonds is 4. The average molecular weight is 514 g/mol. The Morgan fingerprint density at radius 3 is 2.45 bits per heavy atom. The van der Waals surface area contributed by atoms with Gasteiger partial charge < -0.3 is 14.4 Å². The molecule has 2 aromatic carbocycles. The first kappa shape index (κ1) is 26.2. The van der Waals surface area contributed by atoms with Gasteiger partial charge in [-0.2, -0.15) is 0 Å². The van der Waals surface area contributed by atoms with Crippen molar-refractivity contribution in [3.8, 4) is 17.4 Å². The molecule has 0 aliphatic carbocycles. The standard InChI is InChI=1S/C32H39N3O3/c36-31(35-20-16-27(17-21-35)23-26-11-4-3-5-12-26)25-34-19-8-1-2-9-22-37-29-14-6-7-15-30(29)38-32-28(24-34)13-10-18-33-32/h3-7,10-15,18,27H,1-2,8-9,16-17,19-25H2. The predicted molar refractivity (Wildman–Crippen MR) is 149 cm³/mol. The molecule has 3 aromatic rings. The summed E-state index contributed by atoms with van der Waals surface area (Å²) in [5.41, 5.74) is 2.38. The molecule has 6 nitrogen and oxygen atoms in total.